The van der Waals surface area contributed by atoms with Crippen molar-refractivity contribution in [2.75, 3.05) is 19.7 Å². The number of likely N-dealkylation sites (tertiary alicyclic amines) is 1. The van der Waals surface area contributed by atoms with Crippen molar-refractivity contribution in [3.8, 4) is 0 Å². The van der Waals surface area contributed by atoms with Crippen LogP contribution < -0.4 is 5.46 Å². The monoisotopic (exact) mass is 369 g/mol. The van der Waals surface area contributed by atoms with E-state index >= 15 is 0 Å². The lowest BCUT2D eigenvalue weighted by molar-refractivity contribution is -0.171. The molecule has 2 aliphatic heterocycles. The van der Waals surface area contributed by atoms with Crippen LogP contribution >= 0.6 is 0 Å². The van der Waals surface area contributed by atoms with Crippen molar-refractivity contribution in [3.05, 3.63) is 24.0 Å². The molecule has 0 bridgehead atoms. The number of amides is 1. The molecule has 4 heterocycles. The fourth-order valence-electron chi connectivity index (χ4n) is 5.48. The van der Waals surface area contributed by atoms with Gasteiger partial charge >= 0.3 is 13.2 Å². The molecule has 2 spiro atoms. The maximum Gasteiger partial charge on any atom is 0.493 e. The van der Waals surface area contributed by atoms with Crippen molar-refractivity contribution < 1.29 is 19.2 Å². The Kier molecular flexibility index (Phi) is 3.62. The number of nitrogens with zero attached hydrogens (tertiary/aromatic N) is 2. The van der Waals surface area contributed by atoms with E-state index in [-0.39, 0.29) is 17.4 Å². The molecule has 7 nitrogen and oxygen atoms in total. The standard InChI is InChI=1S/C19H24BN3O4/c1-3-8-26-17(24)23-7-5-18(11-23)10-19(12(18)2)15-13-4-6-21-16(13)22-9-14(15)20(25)27-19/h4,6,9,12,25H,3,5,7-8,10-11H2,1-2H3,(H,21,22)/t12-,18?,19?/m0/s1. The normalized spacial score (nSPS) is 31.7. The molecule has 3 aliphatic rings. The number of fused-ring (bicyclic) bond motifs is 4. The average molecular weight is 369 g/mol. The fraction of sp³-hybridized carbons (Fsp3) is 0.579. The minimum Gasteiger partial charge on any atom is -0.449 e. The highest BCUT2D eigenvalue weighted by molar-refractivity contribution is 6.62. The highest BCUT2D eigenvalue weighted by Gasteiger charge is 2.68. The Bertz CT molecular complexity index is 917. The van der Waals surface area contributed by atoms with Crippen LogP contribution in [0.15, 0.2) is 18.5 Å². The van der Waals surface area contributed by atoms with Crippen LogP contribution in [0, 0.1) is 11.3 Å². The first kappa shape index (κ1) is 17.1. The molecule has 2 fully saturated rings. The number of nitrogens with one attached hydrogen (secondary N) is 1. The molecule has 1 aliphatic carbocycles. The first-order chi connectivity index (χ1) is 13.0. The second-order valence-corrected chi connectivity index (χ2v) is 8.23. The summed E-state index contributed by atoms with van der Waals surface area (Å²) in [5.41, 5.74) is 2.14. The van der Waals surface area contributed by atoms with Crippen LogP contribution in [0.1, 0.15) is 38.7 Å². The lowest BCUT2D eigenvalue weighted by Crippen LogP contribution is -2.60. The summed E-state index contributed by atoms with van der Waals surface area (Å²) in [4.78, 5) is 21.6. The molecule has 1 saturated heterocycles. The Balaban J connectivity index is 1.44. The molecule has 0 radical (unpaired) electrons. The van der Waals surface area contributed by atoms with Gasteiger partial charge in [-0.3, -0.25) is 0 Å². The summed E-state index contributed by atoms with van der Waals surface area (Å²) in [7, 11) is -0.946. The van der Waals surface area contributed by atoms with Crippen molar-refractivity contribution in [2.45, 2.75) is 38.7 Å². The zero-order chi connectivity index (χ0) is 18.8. The molecule has 2 N–H and O–H groups in total. The minimum absolute atomic E-state index is 0.0124. The lowest BCUT2D eigenvalue weighted by Gasteiger charge is -2.59. The van der Waals surface area contributed by atoms with E-state index in [1.54, 1.807) is 6.20 Å². The van der Waals surface area contributed by atoms with Crippen molar-refractivity contribution in [3.63, 3.8) is 0 Å². The van der Waals surface area contributed by atoms with Gasteiger partial charge in [0.2, 0.25) is 0 Å². The Hall–Kier alpha value is -2.06. The van der Waals surface area contributed by atoms with E-state index in [1.807, 2.05) is 24.1 Å². The summed E-state index contributed by atoms with van der Waals surface area (Å²) >= 11 is 0. The van der Waals surface area contributed by atoms with Gasteiger partial charge in [-0.05, 0) is 42.2 Å². The highest BCUT2D eigenvalue weighted by atomic mass is 16.6. The van der Waals surface area contributed by atoms with Crippen molar-refractivity contribution in [2.24, 2.45) is 11.3 Å². The maximum atomic E-state index is 12.3. The number of ether oxygens (including phenoxy) is 1. The van der Waals surface area contributed by atoms with Crippen molar-refractivity contribution >= 4 is 29.7 Å². The first-order valence-corrected chi connectivity index (χ1v) is 9.75. The number of carbonyl (C=O) groups is 1. The summed E-state index contributed by atoms with van der Waals surface area (Å²) in [6.45, 7) is 6.05. The van der Waals surface area contributed by atoms with Crippen molar-refractivity contribution in [1.29, 1.82) is 0 Å². The first-order valence-electron chi connectivity index (χ1n) is 9.75. The number of aromatic amines is 1. The van der Waals surface area contributed by atoms with E-state index in [0.29, 0.717) is 19.7 Å². The number of hydrogen-bond donors (Lipinski definition) is 2. The molecular formula is C19H24BN3O4. The molecule has 2 aromatic heterocycles. The van der Waals surface area contributed by atoms with Gasteiger partial charge in [0.05, 0.1) is 12.2 Å². The zero-order valence-corrected chi connectivity index (χ0v) is 15.7. The molecule has 2 unspecified atom stereocenters. The van der Waals surface area contributed by atoms with E-state index in [0.717, 1.165) is 41.3 Å². The zero-order valence-electron chi connectivity index (χ0n) is 15.7. The van der Waals surface area contributed by atoms with E-state index in [2.05, 4.69) is 16.9 Å². The van der Waals surface area contributed by atoms with Gasteiger partial charge < -0.3 is 24.3 Å². The molecule has 5 rings (SSSR count). The topological polar surface area (TPSA) is 87.7 Å². The number of aromatic nitrogens is 2. The third-order valence-corrected chi connectivity index (χ3v) is 6.93. The van der Waals surface area contributed by atoms with Crippen LogP contribution in [-0.2, 0) is 15.0 Å². The number of rotatable bonds is 2. The Morgan fingerprint density at radius 2 is 2.44 bits per heavy atom. The van der Waals surface area contributed by atoms with Gasteiger partial charge in [0.1, 0.15) is 5.65 Å². The third-order valence-electron chi connectivity index (χ3n) is 6.93. The summed E-state index contributed by atoms with van der Waals surface area (Å²) in [6.07, 6.45) is 5.94. The third kappa shape index (κ3) is 2.17. The van der Waals surface area contributed by atoms with E-state index < -0.39 is 12.7 Å². The van der Waals surface area contributed by atoms with Gasteiger partial charge in [-0.1, -0.05) is 13.8 Å². The number of carbonyl (C=O) groups excluding carboxylic acids is 1. The molecule has 2 aromatic rings. The molecule has 8 heteroatoms. The maximum absolute atomic E-state index is 12.3. The summed E-state index contributed by atoms with van der Waals surface area (Å²) in [5.74, 6) is 0.186. The average Bonchev–Trinajstić information content (AvgIpc) is 3.37. The van der Waals surface area contributed by atoms with Crippen LogP contribution in [0.5, 0.6) is 0 Å². The quantitative estimate of drug-likeness (QED) is 0.788. The number of hydrogen-bond acceptors (Lipinski definition) is 5. The predicted octanol–water partition coefficient (Wildman–Crippen LogP) is 1.75. The van der Waals surface area contributed by atoms with Crippen LogP contribution in [0.25, 0.3) is 11.0 Å². The van der Waals surface area contributed by atoms with Gasteiger partial charge in [0.15, 0.2) is 0 Å². The van der Waals surface area contributed by atoms with Gasteiger partial charge in [0, 0.05) is 36.3 Å². The number of H-pyrrole nitrogens is 1. The van der Waals surface area contributed by atoms with Crippen LogP contribution in [-0.4, -0.2) is 52.8 Å². The van der Waals surface area contributed by atoms with Crippen LogP contribution in [0.4, 0.5) is 4.79 Å². The molecule has 142 valence electrons. The van der Waals surface area contributed by atoms with E-state index in [9.17, 15) is 9.82 Å². The Morgan fingerprint density at radius 1 is 1.59 bits per heavy atom. The largest absolute Gasteiger partial charge is 0.493 e. The summed E-state index contributed by atoms with van der Waals surface area (Å²) in [6, 6.07) is 2.01. The SMILES string of the molecule is CCCOC(=O)N1CCC2(C1)CC1(OB(O)c3cnc4[nH]ccc4c31)[C@H]2C. The fourth-order valence-corrected chi connectivity index (χ4v) is 5.48. The van der Waals surface area contributed by atoms with E-state index in [4.69, 9.17) is 9.39 Å². The van der Waals surface area contributed by atoms with Crippen molar-refractivity contribution in [1.82, 2.24) is 14.9 Å². The molecule has 0 aromatic carbocycles. The molecular weight excluding hydrogens is 345 g/mol. The Morgan fingerprint density at radius 3 is 3.22 bits per heavy atom. The summed E-state index contributed by atoms with van der Waals surface area (Å²) in [5, 5.41) is 11.5. The lowest BCUT2D eigenvalue weighted by atomic mass is 9.49. The second-order valence-electron chi connectivity index (χ2n) is 8.23. The predicted molar refractivity (Wildman–Crippen MR) is 101 cm³/mol. The van der Waals surface area contributed by atoms with Gasteiger partial charge in [0.25, 0.3) is 0 Å². The summed E-state index contributed by atoms with van der Waals surface area (Å²) < 4.78 is 11.5. The number of pyridine rings is 1. The van der Waals surface area contributed by atoms with Gasteiger partial charge in [-0.2, -0.15) is 0 Å². The van der Waals surface area contributed by atoms with Crippen LogP contribution in [0.3, 0.4) is 0 Å². The molecule has 1 saturated carbocycles. The minimum atomic E-state index is -0.946. The molecule has 1 amide bonds. The van der Waals surface area contributed by atoms with Crippen LogP contribution in [0.2, 0.25) is 0 Å². The smallest absolute Gasteiger partial charge is 0.449 e. The van der Waals surface area contributed by atoms with Gasteiger partial charge in [-0.15, -0.1) is 0 Å². The van der Waals surface area contributed by atoms with E-state index in [1.165, 1.54) is 0 Å². The molecule has 27 heavy (non-hydrogen) atoms. The molecule has 3 atom stereocenters. The highest BCUT2D eigenvalue weighted by Crippen LogP contribution is 2.66. The van der Waals surface area contributed by atoms with Gasteiger partial charge in [-0.25, -0.2) is 9.78 Å². The Labute approximate surface area is 158 Å². The second kappa shape index (κ2) is 5.72.